The second-order valence-electron chi connectivity index (χ2n) is 8.48. The highest BCUT2D eigenvalue weighted by molar-refractivity contribution is 5.32. The fourth-order valence-electron chi connectivity index (χ4n) is 4.41. The number of hydrogen-bond donors (Lipinski definition) is 1. The number of nitrogens with zero attached hydrogens (tertiary/aromatic N) is 6. The molecule has 0 unspecified atom stereocenters. The van der Waals surface area contributed by atoms with Crippen LogP contribution in [0.2, 0.25) is 0 Å². The van der Waals surface area contributed by atoms with Crippen molar-refractivity contribution in [2.45, 2.75) is 58.1 Å². The van der Waals surface area contributed by atoms with Crippen LogP contribution in [0.4, 0.5) is 5.95 Å². The standard InChI is InChI=1S/C23H34N6O3/c1-3-31-20-19(16-26-22(27-20)32-4-2)23(30)8-12-28(13-9-23)17-18-14-24-21(25-15-18)29-10-6-5-7-11-29/h14-16,30H,3-13,17H2,1-2H3. The van der Waals surface area contributed by atoms with E-state index in [1.807, 2.05) is 26.2 Å². The Labute approximate surface area is 189 Å². The number of hydrogen-bond acceptors (Lipinski definition) is 9. The molecule has 2 aliphatic rings. The molecule has 1 N–H and O–H groups in total. The maximum Gasteiger partial charge on any atom is 0.319 e. The molecule has 2 saturated heterocycles. The first-order chi connectivity index (χ1) is 15.6. The molecule has 32 heavy (non-hydrogen) atoms. The minimum absolute atomic E-state index is 0.272. The summed E-state index contributed by atoms with van der Waals surface area (Å²) in [5, 5.41) is 11.4. The van der Waals surface area contributed by atoms with Crippen molar-refractivity contribution in [2.75, 3.05) is 44.3 Å². The molecule has 2 aromatic rings. The highest BCUT2D eigenvalue weighted by Crippen LogP contribution is 2.37. The van der Waals surface area contributed by atoms with E-state index in [0.717, 1.165) is 44.2 Å². The van der Waals surface area contributed by atoms with Gasteiger partial charge in [0.15, 0.2) is 0 Å². The van der Waals surface area contributed by atoms with E-state index in [1.165, 1.54) is 19.3 Å². The van der Waals surface area contributed by atoms with Gasteiger partial charge >= 0.3 is 6.01 Å². The van der Waals surface area contributed by atoms with Gasteiger partial charge < -0.3 is 19.5 Å². The first-order valence-electron chi connectivity index (χ1n) is 11.7. The second kappa shape index (κ2) is 10.4. The maximum atomic E-state index is 11.4. The molecule has 0 aromatic carbocycles. The smallest absolute Gasteiger partial charge is 0.319 e. The summed E-state index contributed by atoms with van der Waals surface area (Å²) < 4.78 is 11.1. The van der Waals surface area contributed by atoms with E-state index in [1.54, 1.807) is 6.20 Å². The van der Waals surface area contributed by atoms with Crippen molar-refractivity contribution >= 4 is 5.95 Å². The number of piperidine rings is 2. The SMILES string of the molecule is CCOc1ncc(C2(O)CCN(Cc3cnc(N4CCCCC4)nc3)CC2)c(OCC)n1. The van der Waals surface area contributed by atoms with E-state index >= 15 is 0 Å². The Morgan fingerprint density at radius 2 is 1.59 bits per heavy atom. The lowest BCUT2D eigenvalue weighted by Gasteiger charge is -2.38. The highest BCUT2D eigenvalue weighted by atomic mass is 16.5. The van der Waals surface area contributed by atoms with Gasteiger partial charge in [-0.05, 0) is 46.0 Å². The number of anilines is 1. The first-order valence-corrected chi connectivity index (χ1v) is 11.7. The maximum absolute atomic E-state index is 11.4. The Morgan fingerprint density at radius 3 is 2.25 bits per heavy atom. The lowest BCUT2D eigenvalue weighted by molar-refractivity contribution is -0.0303. The molecule has 9 heteroatoms. The zero-order chi connectivity index (χ0) is 22.4. The van der Waals surface area contributed by atoms with Crippen LogP contribution in [0.25, 0.3) is 0 Å². The molecule has 2 aromatic heterocycles. The Kier molecular flexibility index (Phi) is 7.36. The van der Waals surface area contributed by atoms with Crippen molar-refractivity contribution in [3.8, 4) is 11.9 Å². The van der Waals surface area contributed by atoms with E-state index in [9.17, 15) is 5.11 Å². The van der Waals surface area contributed by atoms with Crippen LogP contribution in [0.3, 0.4) is 0 Å². The van der Waals surface area contributed by atoms with E-state index in [0.29, 0.717) is 37.5 Å². The molecule has 0 radical (unpaired) electrons. The average molecular weight is 443 g/mol. The van der Waals surface area contributed by atoms with Crippen LogP contribution in [0, 0.1) is 0 Å². The molecule has 9 nitrogen and oxygen atoms in total. The molecule has 4 heterocycles. The van der Waals surface area contributed by atoms with Crippen molar-refractivity contribution in [3.63, 3.8) is 0 Å². The van der Waals surface area contributed by atoms with Gasteiger partial charge in [0.05, 0.1) is 24.4 Å². The van der Waals surface area contributed by atoms with Gasteiger partial charge in [0.1, 0.15) is 0 Å². The zero-order valence-electron chi connectivity index (χ0n) is 19.2. The van der Waals surface area contributed by atoms with E-state index in [2.05, 4.69) is 29.7 Å². The van der Waals surface area contributed by atoms with Gasteiger partial charge in [0.25, 0.3) is 0 Å². The third-order valence-electron chi connectivity index (χ3n) is 6.21. The molecular formula is C23H34N6O3. The van der Waals surface area contributed by atoms with Crippen LogP contribution >= 0.6 is 0 Å². The number of likely N-dealkylation sites (tertiary alicyclic amines) is 1. The fourth-order valence-corrected chi connectivity index (χ4v) is 4.41. The third-order valence-corrected chi connectivity index (χ3v) is 6.21. The largest absolute Gasteiger partial charge is 0.478 e. The van der Waals surface area contributed by atoms with Crippen LogP contribution < -0.4 is 14.4 Å². The van der Waals surface area contributed by atoms with Crippen LogP contribution in [-0.2, 0) is 12.1 Å². The summed E-state index contributed by atoms with van der Waals surface area (Å²) in [5.41, 5.74) is 0.715. The average Bonchev–Trinajstić information content (AvgIpc) is 2.82. The van der Waals surface area contributed by atoms with Crippen LogP contribution in [0.5, 0.6) is 11.9 Å². The van der Waals surface area contributed by atoms with Gasteiger partial charge in [-0.15, -0.1) is 0 Å². The summed E-state index contributed by atoms with van der Waals surface area (Å²) in [5.74, 6) is 1.24. The molecule has 0 amide bonds. The predicted octanol–water partition coefficient (Wildman–Crippen LogP) is 2.54. The molecule has 2 fully saturated rings. The number of ether oxygens (including phenoxy) is 2. The first kappa shape index (κ1) is 22.7. The van der Waals surface area contributed by atoms with Crippen LogP contribution in [0.15, 0.2) is 18.6 Å². The molecule has 0 aliphatic carbocycles. The monoisotopic (exact) mass is 442 g/mol. The molecule has 4 rings (SSSR count). The van der Waals surface area contributed by atoms with Crippen molar-refractivity contribution < 1.29 is 14.6 Å². The van der Waals surface area contributed by atoms with E-state index in [-0.39, 0.29) is 6.01 Å². The summed E-state index contributed by atoms with van der Waals surface area (Å²) >= 11 is 0. The third kappa shape index (κ3) is 5.27. The minimum atomic E-state index is -1.01. The normalized spacial score (nSPS) is 19.0. The number of rotatable bonds is 8. The van der Waals surface area contributed by atoms with Gasteiger partial charge in [0.2, 0.25) is 11.8 Å². The molecular weight excluding hydrogens is 408 g/mol. The van der Waals surface area contributed by atoms with E-state index in [4.69, 9.17) is 9.47 Å². The molecule has 0 spiro atoms. The minimum Gasteiger partial charge on any atom is -0.478 e. The van der Waals surface area contributed by atoms with Crippen molar-refractivity contribution in [1.82, 2.24) is 24.8 Å². The fraction of sp³-hybridized carbons (Fsp3) is 0.652. The second-order valence-corrected chi connectivity index (χ2v) is 8.48. The van der Waals surface area contributed by atoms with Gasteiger partial charge in [-0.1, -0.05) is 0 Å². The van der Waals surface area contributed by atoms with Crippen molar-refractivity contribution in [3.05, 3.63) is 29.7 Å². The summed E-state index contributed by atoms with van der Waals surface area (Å²) in [4.78, 5) is 22.4. The Morgan fingerprint density at radius 1 is 0.906 bits per heavy atom. The molecule has 174 valence electrons. The predicted molar refractivity (Wildman–Crippen MR) is 121 cm³/mol. The van der Waals surface area contributed by atoms with Crippen molar-refractivity contribution in [2.24, 2.45) is 0 Å². The Balaban J connectivity index is 1.37. The summed E-state index contributed by atoms with van der Waals surface area (Å²) in [6, 6.07) is 0.272. The topological polar surface area (TPSA) is 96.7 Å². The van der Waals surface area contributed by atoms with E-state index < -0.39 is 5.60 Å². The summed E-state index contributed by atoms with van der Waals surface area (Å²) in [6.45, 7) is 9.09. The molecule has 0 bridgehead atoms. The zero-order valence-corrected chi connectivity index (χ0v) is 19.2. The van der Waals surface area contributed by atoms with Gasteiger partial charge in [-0.3, -0.25) is 4.90 Å². The van der Waals surface area contributed by atoms with Gasteiger partial charge in [-0.2, -0.15) is 4.98 Å². The number of aliphatic hydroxyl groups is 1. The Bertz CT molecular complexity index is 865. The molecule has 0 saturated carbocycles. The molecule has 0 atom stereocenters. The lowest BCUT2D eigenvalue weighted by Crippen LogP contribution is -2.42. The van der Waals surface area contributed by atoms with Crippen molar-refractivity contribution in [1.29, 1.82) is 0 Å². The number of aromatic nitrogens is 4. The van der Waals surface area contributed by atoms with Gasteiger partial charge in [-0.25, -0.2) is 15.0 Å². The lowest BCUT2D eigenvalue weighted by atomic mass is 9.85. The van der Waals surface area contributed by atoms with Gasteiger partial charge in [0, 0.05) is 56.9 Å². The molecule has 2 aliphatic heterocycles. The van der Waals surface area contributed by atoms with Crippen LogP contribution in [0.1, 0.15) is 57.1 Å². The van der Waals surface area contributed by atoms with Crippen LogP contribution in [-0.4, -0.2) is 69.3 Å². The summed E-state index contributed by atoms with van der Waals surface area (Å²) in [7, 11) is 0. The quantitative estimate of drug-likeness (QED) is 0.661. The highest BCUT2D eigenvalue weighted by Gasteiger charge is 2.37. The Hall–Kier alpha value is -2.52. The summed E-state index contributed by atoms with van der Waals surface area (Å²) in [6.07, 6.45) is 10.4.